The first-order chi connectivity index (χ1) is 10.3. The fourth-order valence-electron chi connectivity index (χ4n) is 2.09. The zero-order valence-corrected chi connectivity index (χ0v) is 14.9. The highest BCUT2D eigenvalue weighted by molar-refractivity contribution is 5.95. The van der Waals surface area contributed by atoms with Crippen LogP contribution in [-0.4, -0.2) is 10.7 Å². The van der Waals surface area contributed by atoms with Crippen molar-refractivity contribution in [3.63, 3.8) is 0 Å². The highest BCUT2D eigenvalue weighted by atomic mass is 79.9. The number of nitrogens with zero attached hydrogens (tertiary/aromatic N) is 2. The maximum absolute atomic E-state index is 12.2. The van der Waals surface area contributed by atoms with Gasteiger partial charge >= 0.3 is 0 Å². The lowest BCUT2D eigenvalue weighted by atomic mass is 9.88. The number of Topliss-reactive ketones (excluding diaryl/α,β-unsaturated/α-hetero) is 1. The van der Waals surface area contributed by atoms with Gasteiger partial charge in [0.15, 0.2) is 12.4 Å². The summed E-state index contributed by atoms with van der Waals surface area (Å²) < 4.78 is 1.80. The quantitative estimate of drug-likeness (QED) is 0.327. The lowest BCUT2D eigenvalue weighted by molar-refractivity contribution is -0.683. The molecule has 1 aromatic carbocycles. The Balaban J connectivity index is 0.00000264. The topological polar surface area (TPSA) is 64.1 Å². The SMILES string of the molecule is CC(C)(C)c1cc[n+](CC(=O)c2ccc([N+](=O)[O-])cc2)cc1.[Br-]. The number of pyridine rings is 1. The minimum atomic E-state index is -0.478. The van der Waals surface area contributed by atoms with Crippen LogP contribution in [0.3, 0.4) is 0 Å². The fourth-order valence-corrected chi connectivity index (χ4v) is 2.09. The Kier molecular flexibility index (Phi) is 6.15. The van der Waals surface area contributed by atoms with Gasteiger partial charge in [-0.1, -0.05) is 20.8 Å². The van der Waals surface area contributed by atoms with Gasteiger partial charge < -0.3 is 17.0 Å². The molecule has 1 aromatic heterocycles. The molecule has 0 atom stereocenters. The molecule has 0 unspecified atom stereocenters. The number of benzene rings is 1. The van der Waals surface area contributed by atoms with Crippen molar-refractivity contribution < 1.29 is 31.3 Å². The summed E-state index contributed by atoms with van der Waals surface area (Å²) in [6, 6.07) is 9.68. The van der Waals surface area contributed by atoms with Crippen molar-refractivity contribution in [1.82, 2.24) is 0 Å². The van der Waals surface area contributed by atoms with Crippen LogP contribution in [0, 0.1) is 10.1 Å². The van der Waals surface area contributed by atoms with Gasteiger partial charge in [0.1, 0.15) is 0 Å². The van der Waals surface area contributed by atoms with Crippen LogP contribution >= 0.6 is 0 Å². The first kappa shape index (κ1) is 19.0. The van der Waals surface area contributed by atoms with E-state index < -0.39 is 4.92 Å². The molecule has 2 rings (SSSR count). The van der Waals surface area contributed by atoms with E-state index in [9.17, 15) is 14.9 Å². The van der Waals surface area contributed by atoms with Gasteiger partial charge in [-0.25, -0.2) is 0 Å². The summed E-state index contributed by atoms with van der Waals surface area (Å²) in [6.45, 7) is 6.61. The normalized spacial score (nSPS) is 10.7. The Hall–Kier alpha value is -2.08. The molecule has 23 heavy (non-hydrogen) atoms. The molecule has 0 aliphatic heterocycles. The average molecular weight is 379 g/mol. The number of halogens is 1. The van der Waals surface area contributed by atoms with Crippen molar-refractivity contribution in [2.24, 2.45) is 0 Å². The van der Waals surface area contributed by atoms with Crippen LogP contribution in [0.5, 0.6) is 0 Å². The van der Waals surface area contributed by atoms with E-state index in [1.807, 2.05) is 24.5 Å². The number of nitro benzene ring substituents is 1. The van der Waals surface area contributed by atoms with Gasteiger partial charge in [-0.2, -0.15) is 4.57 Å². The molecule has 0 N–H and O–H groups in total. The molecule has 0 fully saturated rings. The molecule has 0 aliphatic rings. The molecule has 0 bridgehead atoms. The Bertz CT molecular complexity index is 689. The molecule has 6 heteroatoms. The van der Waals surface area contributed by atoms with Crippen LogP contribution in [-0.2, 0) is 12.0 Å². The second kappa shape index (κ2) is 7.46. The Labute approximate surface area is 145 Å². The van der Waals surface area contributed by atoms with Crippen LogP contribution in [0.1, 0.15) is 36.7 Å². The number of carbonyl (C=O) groups excluding carboxylic acids is 1. The smallest absolute Gasteiger partial charge is 0.269 e. The number of non-ortho nitro benzene ring substituents is 1. The first-order valence-corrected chi connectivity index (χ1v) is 7.04. The van der Waals surface area contributed by atoms with Crippen LogP contribution in [0.25, 0.3) is 0 Å². The lowest BCUT2D eigenvalue weighted by Crippen LogP contribution is -3.00. The van der Waals surface area contributed by atoms with E-state index >= 15 is 0 Å². The number of nitro groups is 1. The minimum Gasteiger partial charge on any atom is -1.00 e. The zero-order chi connectivity index (χ0) is 16.3. The third-order valence-corrected chi connectivity index (χ3v) is 3.48. The van der Waals surface area contributed by atoms with Crippen LogP contribution in [0.4, 0.5) is 5.69 Å². The maximum Gasteiger partial charge on any atom is 0.269 e. The summed E-state index contributed by atoms with van der Waals surface area (Å²) in [5, 5.41) is 10.6. The molecule has 0 amide bonds. The van der Waals surface area contributed by atoms with E-state index in [1.54, 1.807) is 4.57 Å². The lowest BCUT2D eigenvalue weighted by Gasteiger charge is -2.17. The van der Waals surface area contributed by atoms with Crippen molar-refractivity contribution in [1.29, 1.82) is 0 Å². The highest BCUT2D eigenvalue weighted by Gasteiger charge is 2.17. The molecule has 1 heterocycles. The predicted molar refractivity (Wildman–Crippen MR) is 82.8 cm³/mol. The van der Waals surface area contributed by atoms with Gasteiger partial charge in [0, 0.05) is 29.8 Å². The molecule has 0 radical (unpaired) electrons. The second-order valence-electron chi connectivity index (χ2n) is 6.24. The summed E-state index contributed by atoms with van der Waals surface area (Å²) >= 11 is 0. The first-order valence-electron chi connectivity index (χ1n) is 7.04. The van der Waals surface area contributed by atoms with E-state index in [0.29, 0.717) is 5.56 Å². The number of carbonyl (C=O) groups is 1. The van der Waals surface area contributed by atoms with Gasteiger partial charge in [0.2, 0.25) is 12.3 Å². The predicted octanol–water partition coefficient (Wildman–Crippen LogP) is 0.0667. The van der Waals surface area contributed by atoms with Crippen molar-refractivity contribution >= 4 is 11.5 Å². The molecule has 2 aromatic rings. The number of ketones is 1. The van der Waals surface area contributed by atoms with E-state index in [0.717, 1.165) is 0 Å². The standard InChI is InChI=1S/C17H19N2O3.BrH/c1-17(2,3)14-8-10-18(11-9-14)12-16(20)13-4-6-15(7-5-13)19(21)22;/h4-11H,12H2,1-3H3;1H/q+1;/p-1. The van der Waals surface area contributed by atoms with E-state index in [1.165, 1.54) is 29.8 Å². The van der Waals surface area contributed by atoms with Gasteiger partial charge in [-0.3, -0.25) is 14.9 Å². The Morgan fingerprint density at radius 2 is 1.61 bits per heavy atom. The van der Waals surface area contributed by atoms with Crippen LogP contribution < -0.4 is 21.5 Å². The molecular formula is C17H19BrN2O3. The molecule has 0 saturated carbocycles. The fraction of sp³-hybridized carbons (Fsp3) is 0.294. The third-order valence-electron chi connectivity index (χ3n) is 3.48. The van der Waals surface area contributed by atoms with Crippen LogP contribution in [0.15, 0.2) is 48.8 Å². The third kappa shape index (κ3) is 4.96. The number of hydrogen-bond acceptors (Lipinski definition) is 3. The second-order valence-corrected chi connectivity index (χ2v) is 6.24. The van der Waals surface area contributed by atoms with E-state index in [4.69, 9.17) is 0 Å². The molecule has 0 spiro atoms. The number of rotatable bonds is 4. The van der Waals surface area contributed by atoms with Crippen molar-refractivity contribution in [3.05, 3.63) is 70.0 Å². The molecule has 5 nitrogen and oxygen atoms in total. The Morgan fingerprint density at radius 3 is 2.04 bits per heavy atom. The van der Waals surface area contributed by atoms with Gasteiger partial charge in [0.25, 0.3) is 5.69 Å². The summed E-state index contributed by atoms with van der Waals surface area (Å²) in [6.07, 6.45) is 3.76. The summed E-state index contributed by atoms with van der Waals surface area (Å²) in [5.41, 5.74) is 1.73. The van der Waals surface area contributed by atoms with Gasteiger partial charge in [-0.15, -0.1) is 0 Å². The summed E-state index contributed by atoms with van der Waals surface area (Å²) in [5.74, 6) is -0.0802. The zero-order valence-electron chi connectivity index (χ0n) is 13.3. The Morgan fingerprint density at radius 1 is 1.09 bits per heavy atom. The van der Waals surface area contributed by atoms with Crippen molar-refractivity contribution in [3.8, 4) is 0 Å². The molecular weight excluding hydrogens is 360 g/mol. The van der Waals surface area contributed by atoms with Gasteiger partial charge in [0.05, 0.1) is 4.92 Å². The van der Waals surface area contributed by atoms with E-state index in [-0.39, 0.29) is 40.4 Å². The minimum absolute atomic E-state index is 0. The maximum atomic E-state index is 12.2. The summed E-state index contributed by atoms with van der Waals surface area (Å²) in [7, 11) is 0. The van der Waals surface area contributed by atoms with Gasteiger partial charge in [-0.05, 0) is 23.1 Å². The molecule has 0 saturated heterocycles. The van der Waals surface area contributed by atoms with Crippen molar-refractivity contribution in [2.75, 3.05) is 0 Å². The molecule has 0 aliphatic carbocycles. The van der Waals surface area contributed by atoms with Crippen molar-refractivity contribution in [2.45, 2.75) is 32.7 Å². The monoisotopic (exact) mass is 378 g/mol. The molecule has 122 valence electrons. The largest absolute Gasteiger partial charge is 1.00 e. The number of hydrogen-bond donors (Lipinski definition) is 0. The van der Waals surface area contributed by atoms with E-state index in [2.05, 4.69) is 20.8 Å². The average Bonchev–Trinajstić information content (AvgIpc) is 2.47. The number of aromatic nitrogens is 1. The highest BCUT2D eigenvalue weighted by Crippen LogP contribution is 2.20. The summed E-state index contributed by atoms with van der Waals surface area (Å²) in [4.78, 5) is 22.3. The van der Waals surface area contributed by atoms with Crippen LogP contribution in [0.2, 0.25) is 0 Å².